The van der Waals surface area contributed by atoms with Crippen molar-refractivity contribution in [3.05, 3.63) is 212 Å². The molecule has 14 heteroatoms. The van der Waals surface area contributed by atoms with Crippen molar-refractivity contribution in [3.63, 3.8) is 0 Å². The number of para-hydroxylation sites is 2. The fourth-order valence-corrected chi connectivity index (χ4v) is 11.6. The summed E-state index contributed by atoms with van der Waals surface area (Å²) in [6, 6.07) is 72.0. The Morgan fingerprint density at radius 2 is 0.790 bits per heavy atom. The number of aromatic nitrogens is 2. The molecular weight excluding hydrogens is 907 g/mol. The van der Waals surface area contributed by atoms with Crippen molar-refractivity contribution in [2.75, 3.05) is 6.61 Å². The first-order chi connectivity index (χ1) is 29.2. The third kappa shape index (κ3) is 15.2. The normalized spacial score (nSPS) is 12.0. The smallest absolute Gasteiger partial charge is 0.449 e. The van der Waals surface area contributed by atoms with Gasteiger partial charge in [-0.1, -0.05) is 109 Å². The molecule has 0 radical (unpaired) electrons. The zero-order valence-electron chi connectivity index (χ0n) is 33.1. The van der Waals surface area contributed by atoms with Crippen molar-refractivity contribution < 1.29 is 51.7 Å². The Bertz CT molecular complexity index is 2370. The Morgan fingerprint density at radius 1 is 0.435 bits per heavy atom. The number of hydrogen-bond acceptors (Lipinski definition) is 4. The standard InChI is InChI=1S/C36H28OP2.C12H12N2O.Cu.F6P/c1-5-17-29(18-6-1)38(30-19-7-2-8-20-30)35-27-15-13-25-33(35)37-34-26-14-16-28-36(34)39(31-21-9-3-10-22-31)32-23-11-4-12-24-32;1-2-15-12-8-5-7-11(14-12)10-6-3-4-9-13-10;;1-7(2,3,4,5)6/h1-28H;3-9H,2H2,1H3;;/q;;+1;-1/p+2. The van der Waals surface area contributed by atoms with E-state index < -0.39 is 23.7 Å². The van der Waals surface area contributed by atoms with Gasteiger partial charge in [0.15, 0.2) is 11.5 Å². The van der Waals surface area contributed by atoms with Gasteiger partial charge in [0.05, 0.1) is 18.0 Å². The van der Waals surface area contributed by atoms with Crippen LogP contribution in [0.2, 0.25) is 0 Å². The fourth-order valence-electron chi connectivity index (χ4n) is 6.32. The molecule has 0 unspecified atom stereocenters. The topological polar surface area (TPSA) is 44.2 Å². The summed E-state index contributed by atoms with van der Waals surface area (Å²) in [5.41, 5.74) is 1.70. The van der Waals surface area contributed by atoms with Crippen LogP contribution in [0.1, 0.15) is 6.92 Å². The van der Waals surface area contributed by atoms with Crippen molar-refractivity contribution in [2.45, 2.75) is 6.92 Å². The SMILES string of the molecule is CCOc1cccc(-c2ccccn2)n1.F[P-](F)(F)(F)(F)F.[Cu+].c1ccc([PH+](c2ccccc2)c2ccccc2Oc2ccccc2[PH+](c2ccccc2)c2ccccc2)cc1. The number of ether oxygens (including phenoxy) is 2. The predicted octanol–water partition coefficient (Wildman–Crippen LogP) is 12.4. The average Bonchev–Trinajstić information content (AvgIpc) is 3.26. The molecule has 0 saturated carbocycles. The van der Waals surface area contributed by atoms with Crippen molar-refractivity contribution in [3.8, 4) is 28.8 Å². The largest absolute Gasteiger partial charge is 1.00 e. The van der Waals surface area contributed by atoms with E-state index >= 15 is 0 Å². The molecule has 8 aromatic rings. The maximum atomic E-state index is 9.87. The van der Waals surface area contributed by atoms with E-state index in [1.165, 1.54) is 31.8 Å². The molecule has 0 atom stereocenters. The van der Waals surface area contributed by atoms with Gasteiger partial charge in [0.1, 0.15) is 47.7 Å². The molecule has 0 spiro atoms. The number of hydrogen-bond donors (Lipinski definition) is 0. The second-order valence-electron chi connectivity index (χ2n) is 13.3. The summed E-state index contributed by atoms with van der Waals surface area (Å²) in [4.78, 5) is 8.58. The molecule has 8 rings (SSSR count). The van der Waals surface area contributed by atoms with Gasteiger partial charge in [-0.2, -0.15) is 0 Å². The maximum Gasteiger partial charge on any atom is 1.00 e. The fraction of sp³-hybridized carbons (Fsp3) is 0.0417. The Labute approximate surface area is 370 Å². The zero-order valence-corrected chi connectivity index (χ0v) is 37.0. The number of nitrogens with zero attached hydrogens (tertiary/aromatic N) is 2. The maximum absolute atomic E-state index is 10.7. The van der Waals surface area contributed by atoms with Crippen LogP contribution in [0.25, 0.3) is 11.4 Å². The Balaban J connectivity index is 0.000000260. The summed E-state index contributed by atoms with van der Waals surface area (Å²) in [5.74, 6) is 2.49. The molecule has 4 nitrogen and oxygen atoms in total. The van der Waals surface area contributed by atoms with E-state index in [0.717, 1.165) is 22.9 Å². The van der Waals surface area contributed by atoms with Crippen LogP contribution in [-0.2, 0) is 17.1 Å². The van der Waals surface area contributed by atoms with Crippen LogP contribution < -0.4 is 41.3 Å². The van der Waals surface area contributed by atoms with E-state index in [1.54, 1.807) is 6.20 Å². The number of halogens is 6. The molecular formula is C48H42CuF6N2O2P3+2. The molecule has 0 N–H and O–H groups in total. The van der Waals surface area contributed by atoms with Crippen LogP contribution in [0.4, 0.5) is 25.2 Å². The van der Waals surface area contributed by atoms with Crippen LogP contribution in [0, 0.1) is 0 Å². The monoisotopic (exact) mass is 948 g/mol. The molecule has 0 aliphatic carbocycles. The van der Waals surface area contributed by atoms with Gasteiger partial charge in [0.25, 0.3) is 0 Å². The summed E-state index contributed by atoms with van der Waals surface area (Å²) in [6.45, 7) is 2.56. The van der Waals surface area contributed by atoms with Crippen molar-refractivity contribution >= 4 is 55.5 Å². The summed E-state index contributed by atoms with van der Waals surface area (Å²) < 4.78 is 71.5. The van der Waals surface area contributed by atoms with E-state index in [9.17, 15) is 25.2 Å². The Kier molecular flexibility index (Phi) is 16.2. The van der Waals surface area contributed by atoms with E-state index in [2.05, 4.69) is 180 Å². The van der Waals surface area contributed by atoms with Gasteiger partial charge in [-0.15, -0.1) is 0 Å². The van der Waals surface area contributed by atoms with Gasteiger partial charge in [0, 0.05) is 12.3 Å². The molecule has 62 heavy (non-hydrogen) atoms. The van der Waals surface area contributed by atoms with Crippen LogP contribution in [0.3, 0.4) is 0 Å². The Morgan fingerprint density at radius 3 is 1.16 bits per heavy atom. The minimum Gasteiger partial charge on any atom is -0.449 e. The number of pyridine rings is 2. The number of rotatable bonds is 11. The van der Waals surface area contributed by atoms with Crippen molar-refractivity contribution in [1.82, 2.24) is 9.97 Å². The second kappa shape index (κ2) is 21.1. The molecule has 0 amide bonds. The van der Waals surface area contributed by atoms with Gasteiger partial charge in [-0.25, -0.2) is 4.98 Å². The van der Waals surface area contributed by atoms with Gasteiger partial charge in [0.2, 0.25) is 5.88 Å². The zero-order chi connectivity index (χ0) is 43.2. The molecule has 0 fully saturated rings. The molecule has 322 valence electrons. The molecule has 0 bridgehead atoms. The van der Waals surface area contributed by atoms with Crippen molar-refractivity contribution in [1.29, 1.82) is 0 Å². The van der Waals surface area contributed by atoms with Crippen LogP contribution in [-0.4, -0.2) is 16.6 Å². The Hall–Kier alpha value is -5.39. The summed E-state index contributed by atoms with van der Waals surface area (Å²) in [7, 11) is -13.2. The average molecular weight is 949 g/mol. The molecule has 0 saturated heterocycles. The van der Waals surface area contributed by atoms with E-state index in [-0.39, 0.29) is 17.1 Å². The molecule has 2 aromatic heterocycles. The van der Waals surface area contributed by atoms with E-state index in [4.69, 9.17) is 9.47 Å². The summed E-state index contributed by atoms with van der Waals surface area (Å²) in [6.07, 6.45) is 1.75. The molecule has 6 aromatic carbocycles. The van der Waals surface area contributed by atoms with Crippen LogP contribution in [0.15, 0.2) is 212 Å². The van der Waals surface area contributed by atoms with E-state index in [0.29, 0.717) is 12.5 Å². The third-order valence-corrected chi connectivity index (χ3v) is 14.3. The first-order valence-electron chi connectivity index (χ1n) is 19.1. The first kappa shape index (κ1) is 47.7. The summed E-state index contributed by atoms with van der Waals surface area (Å²) in [5, 5.41) is 7.88. The predicted molar refractivity (Wildman–Crippen MR) is 245 cm³/mol. The molecule has 0 aliphatic rings. The first-order valence-corrected chi connectivity index (χ1v) is 24.2. The van der Waals surface area contributed by atoms with Gasteiger partial charge < -0.3 is 9.47 Å². The summed E-state index contributed by atoms with van der Waals surface area (Å²) >= 11 is 0. The van der Waals surface area contributed by atoms with Gasteiger partial charge >= 0.3 is 50.1 Å². The quantitative estimate of drug-likeness (QED) is 0.0736. The van der Waals surface area contributed by atoms with Crippen LogP contribution >= 0.6 is 23.7 Å². The van der Waals surface area contributed by atoms with Gasteiger partial charge in [-0.3, -0.25) is 4.98 Å². The van der Waals surface area contributed by atoms with E-state index in [1.807, 2.05) is 43.3 Å². The second-order valence-corrected chi connectivity index (χ2v) is 20.1. The molecule has 2 heterocycles. The minimum atomic E-state index is -10.7. The number of benzene rings is 6. The van der Waals surface area contributed by atoms with Crippen LogP contribution in [0.5, 0.6) is 17.4 Å². The molecule has 0 aliphatic heterocycles. The van der Waals surface area contributed by atoms with Gasteiger partial charge in [-0.05, 0) is 97.9 Å². The third-order valence-electron chi connectivity index (χ3n) is 8.73. The minimum absolute atomic E-state index is 0. The van der Waals surface area contributed by atoms with Crippen molar-refractivity contribution in [2.24, 2.45) is 0 Å².